The van der Waals surface area contributed by atoms with Gasteiger partial charge in [-0.3, -0.25) is 23.2 Å². The first-order chi connectivity index (χ1) is 29.9. The minimum Gasteiger partial charge on any atom is -0.462 e. The van der Waals surface area contributed by atoms with Gasteiger partial charge >= 0.3 is 33.3 Å². The molecule has 366 valence electrons. The van der Waals surface area contributed by atoms with Crippen molar-refractivity contribution >= 4 is 33.4 Å². The van der Waals surface area contributed by atoms with Crippen LogP contribution in [0.15, 0.2) is 17.1 Å². The predicted octanol–water partition coefficient (Wildman–Crippen LogP) is 8.43. The highest BCUT2D eigenvalue weighted by Crippen LogP contribution is 2.60. The SMILES string of the molecule is CCC(C)CCCCCCCCC(=O)OC[C@H](COP(=O)(O)OP(=O)(O)OC[C@H]1O[C@@H](n2ccc(N)nc2=O)C(O)[C@H]1O)OC(=O)CCCCCCCCCCCCCCC(C)C. The van der Waals surface area contributed by atoms with Gasteiger partial charge in [0.15, 0.2) is 12.3 Å². The van der Waals surface area contributed by atoms with E-state index in [-0.39, 0.29) is 18.7 Å². The third kappa shape index (κ3) is 25.9. The van der Waals surface area contributed by atoms with Gasteiger partial charge in [0.25, 0.3) is 0 Å². The smallest absolute Gasteiger partial charge is 0.462 e. The van der Waals surface area contributed by atoms with E-state index in [4.69, 9.17) is 29.0 Å². The van der Waals surface area contributed by atoms with Gasteiger partial charge in [-0.05, 0) is 30.7 Å². The summed E-state index contributed by atoms with van der Waals surface area (Å²) in [6.07, 6.45) is 16.6. The summed E-state index contributed by atoms with van der Waals surface area (Å²) in [5, 5.41) is 20.9. The molecule has 1 aliphatic rings. The van der Waals surface area contributed by atoms with Crippen LogP contribution in [0.4, 0.5) is 5.82 Å². The van der Waals surface area contributed by atoms with Crippen LogP contribution in [0, 0.1) is 11.8 Å². The highest BCUT2D eigenvalue weighted by molar-refractivity contribution is 7.61. The molecule has 0 spiro atoms. The lowest BCUT2D eigenvalue weighted by Crippen LogP contribution is -2.36. The number of hydrogen-bond donors (Lipinski definition) is 5. The molecule has 2 rings (SSSR count). The van der Waals surface area contributed by atoms with Crippen LogP contribution in [0.1, 0.15) is 182 Å². The maximum atomic E-state index is 12.8. The number of aliphatic hydroxyl groups excluding tert-OH is 2. The van der Waals surface area contributed by atoms with E-state index in [0.717, 1.165) is 67.8 Å². The first-order valence-electron chi connectivity index (χ1n) is 23.3. The summed E-state index contributed by atoms with van der Waals surface area (Å²) in [5.74, 6) is 0.212. The van der Waals surface area contributed by atoms with E-state index < -0.39 is 83.7 Å². The van der Waals surface area contributed by atoms with Gasteiger partial charge in [0.2, 0.25) is 0 Å². The molecule has 20 heteroatoms. The van der Waals surface area contributed by atoms with Crippen LogP contribution in [-0.2, 0) is 46.3 Å². The molecule has 0 bridgehead atoms. The van der Waals surface area contributed by atoms with Crippen LogP contribution >= 0.6 is 15.6 Å². The number of phosphoric ester groups is 2. The average Bonchev–Trinajstić information content (AvgIpc) is 3.50. The van der Waals surface area contributed by atoms with Crippen LogP contribution in [0.2, 0.25) is 0 Å². The Bertz CT molecular complexity index is 1580. The van der Waals surface area contributed by atoms with Crippen LogP contribution in [0.5, 0.6) is 0 Å². The van der Waals surface area contributed by atoms with Crippen LogP contribution in [-0.4, -0.2) is 85.7 Å². The maximum absolute atomic E-state index is 12.8. The van der Waals surface area contributed by atoms with E-state index in [1.165, 1.54) is 82.9 Å². The number of aliphatic hydroxyl groups is 2. The Morgan fingerprint density at radius 1 is 0.762 bits per heavy atom. The monoisotopic (exact) mass is 939 g/mol. The summed E-state index contributed by atoms with van der Waals surface area (Å²) in [7, 11) is -10.8. The van der Waals surface area contributed by atoms with Crippen molar-refractivity contribution in [3.8, 4) is 0 Å². The largest absolute Gasteiger partial charge is 0.481 e. The van der Waals surface area contributed by atoms with Gasteiger partial charge in [0.05, 0.1) is 13.2 Å². The van der Waals surface area contributed by atoms with Gasteiger partial charge in [-0.1, -0.05) is 150 Å². The molecule has 4 unspecified atom stereocenters. The molecule has 1 saturated heterocycles. The average molecular weight is 940 g/mol. The fraction of sp³-hybridized carbons (Fsp3) is 0.860. The van der Waals surface area contributed by atoms with Gasteiger partial charge in [-0.15, -0.1) is 0 Å². The molecule has 0 aliphatic carbocycles. The number of aromatic nitrogens is 2. The number of phosphoric acid groups is 2. The molecule has 2 heterocycles. The number of carbonyl (C=O) groups is 2. The number of hydrogen-bond acceptors (Lipinski definition) is 15. The van der Waals surface area contributed by atoms with E-state index in [2.05, 4.69) is 37.0 Å². The second kappa shape index (κ2) is 31.6. The molecule has 8 atom stereocenters. The number of ether oxygens (including phenoxy) is 3. The lowest BCUT2D eigenvalue weighted by molar-refractivity contribution is -0.161. The number of carbonyl (C=O) groups excluding carboxylic acids is 2. The quantitative estimate of drug-likeness (QED) is 0.0238. The van der Waals surface area contributed by atoms with E-state index in [1.54, 1.807) is 0 Å². The Hall–Kier alpha value is -2.24. The number of rotatable bonds is 37. The van der Waals surface area contributed by atoms with E-state index >= 15 is 0 Å². The van der Waals surface area contributed by atoms with E-state index in [1.807, 2.05) is 0 Å². The first kappa shape index (κ1) is 56.9. The number of esters is 2. The number of nitrogen functional groups attached to an aromatic ring is 1. The Morgan fingerprint density at radius 2 is 1.27 bits per heavy atom. The summed E-state index contributed by atoms with van der Waals surface area (Å²) >= 11 is 0. The molecule has 1 aliphatic heterocycles. The van der Waals surface area contributed by atoms with Gasteiger partial charge in [-0.25, -0.2) is 13.9 Å². The number of anilines is 1. The fourth-order valence-corrected chi connectivity index (χ4v) is 9.23. The summed E-state index contributed by atoms with van der Waals surface area (Å²) < 4.78 is 56.6. The van der Waals surface area contributed by atoms with Crippen LogP contribution in [0.3, 0.4) is 0 Å². The van der Waals surface area contributed by atoms with Gasteiger partial charge in [-0.2, -0.15) is 9.29 Å². The van der Waals surface area contributed by atoms with E-state index in [9.17, 15) is 43.5 Å². The number of nitrogens with two attached hydrogens (primary N) is 1. The second-order valence-corrected chi connectivity index (χ2v) is 20.4. The molecule has 18 nitrogen and oxygen atoms in total. The van der Waals surface area contributed by atoms with Crippen molar-refractivity contribution in [2.45, 2.75) is 206 Å². The molecule has 1 aromatic rings. The maximum Gasteiger partial charge on any atom is 0.481 e. The van der Waals surface area contributed by atoms with E-state index in [0.29, 0.717) is 12.8 Å². The van der Waals surface area contributed by atoms with Gasteiger partial charge < -0.3 is 39.9 Å². The molecule has 0 saturated carbocycles. The van der Waals surface area contributed by atoms with Crippen molar-refractivity contribution in [2.24, 2.45) is 11.8 Å². The zero-order valence-electron chi connectivity index (χ0n) is 38.2. The predicted molar refractivity (Wildman–Crippen MR) is 238 cm³/mol. The highest BCUT2D eigenvalue weighted by Gasteiger charge is 2.46. The lowest BCUT2D eigenvalue weighted by atomic mass is 10.00. The molecular formula is C43H79N3O15P2. The zero-order valence-corrected chi connectivity index (χ0v) is 40.0. The standard InChI is InChI=1S/C43H79N3O15P2/c1-5-34(4)25-21-17-14-15-18-22-26-38(47)56-30-35(59-39(48)27-23-19-13-11-9-7-6-8-10-12-16-20-24-33(2)3)31-57-62(52,53)61-63(54,55)58-32-36-40(49)41(50)42(60-36)46-29-28-37(44)45-43(46)51/h28-29,33-36,40-42,49-50H,5-27,30-32H2,1-4H3,(H,52,53)(H,54,55)(H2,44,45,51)/t34?,35-,36-,40+,41?,42-/m1/s1. The van der Waals surface area contributed by atoms with Crippen molar-refractivity contribution in [3.05, 3.63) is 22.7 Å². The lowest BCUT2D eigenvalue weighted by Gasteiger charge is -2.21. The minimum absolute atomic E-state index is 0.0553. The van der Waals surface area contributed by atoms with Crippen molar-refractivity contribution in [3.63, 3.8) is 0 Å². The molecule has 63 heavy (non-hydrogen) atoms. The Kier molecular flexibility index (Phi) is 28.6. The summed E-state index contributed by atoms with van der Waals surface area (Å²) in [6.45, 7) is 6.69. The minimum atomic E-state index is -5.41. The molecule has 1 fully saturated rings. The number of nitrogens with zero attached hydrogens (tertiary/aromatic N) is 2. The Balaban J connectivity index is 1.82. The summed E-state index contributed by atoms with van der Waals surface area (Å²) in [5.41, 5.74) is 4.58. The van der Waals surface area contributed by atoms with Gasteiger partial charge in [0, 0.05) is 19.0 Å². The molecule has 0 radical (unpaired) electrons. The zero-order chi connectivity index (χ0) is 46.7. The molecule has 1 aromatic heterocycles. The Morgan fingerprint density at radius 3 is 1.81 bits per heavy atom. The molecule has 0 aromatic carbocycles. The Labute approximate surface area is 374 Å². The van der Waals surface area contributed by atoms with Crippen LogP contribution in [0.25, 0.3) is 0 Å². The molecule has 6 N–H and O–H groups in total. The fourth-order valence-electron chi connectivity index (χ4n) is 7.12. The third-order valence-corrected chi connectivity index (χ3v) is 13.8. The third-order valence-electron chi connectivity index (χ3n) is 11.2. The van der Waals surface area contributed by atoms with Crippen molar-refractivity contribution in [1.82, 2.24) is 9.55 Å². The normalized spacial score (nSPS) is 20.6. The molecule has 0 amide bonds. The first-order valence-corrected chi connectivity index (χ1v) is 26.3. The summed E-state index contributed by atoms with van der Waals surface area (Å²) in [4.78, 5) is 61.6. The van der Waals surface area contributed by atoms with Crippen molar-refractivity contribution in [2.75, 3.05) is 25.6 Å². The van der Waals surface area contributed by atoms with Crippen molar-refractivity contribution < 1.29 is 66.3 Å². The van der Waals surface area contributed by atoms with Gasteiger partial charge in [0.1, 0.15) is 30.7 Å². The second-order valence-electron chi connectivity index (χ2n) is 17.3. The van der Waals surface area contributed by atoms with Crippen molar-refractivity contribution in [1.29, 1.82) is 0 Å². The molecular weight excluding hydrogens is 860 g/mol. The van der Waals surface area contributed by atoms with Crippen LogP contribution < -0.4 is 11.4 Å². The highest BCUT2D eigenvalue weighted by atomic mass is 31.3. The topological polar surface area (TPSA) is 265 Å². The summed E-state index contributed by atoms with van der Waals surface area (Å²) in [6, 6.07) is 1.25. The number of unbranched alkanes of at least 4 members (excludes halogenated alkanes) is 16.